The number of nitrogen functional groups attached to an aromatic ring is 1. The lowest BCUT2D eigenvalue weighted by atomic mass is 10.3. The predicted molar refractivity (Wildman–Crippen MR) is 54.8 cm³/mol. The molecule has 0 saturated heterocycles. The molecule has 1 aliphatic heterocycles. The summed E-state index contributed by atoms with van der Waals surface area (Å²) >= 11 is 0. The van der Waals surface area contributed by atoms with Gasteiger partial charge in [0.05, 0.1) is 18.9 Å². The van der Waals surface area contributed by atoms with Crippen molar-refractivity contribution < 1.29 is 21.8 Å². The zero-order valence-electron chi connectivity index (χ0n) is 8.27. The lowest BCUT2D eigenvalue weighted by Crippen LogP contribution is -2.01. The van der Waals surface area contributed by atoms with Crippen LogP contribution in [0.2, 0.25) is 0 Å². The Morgan fingerprint density at radius 1 is 1.19 bits per heavy atom. The molecule has 88 valence electrons. The van der Waals surface area contributed by atoms with E-state index in [2.05, 4.69) is 0 Å². The molecule has 0 radical (unpaired) electrons. The average Bonchev–Trinajstić information content (AvgIpc) is 2.39. The van der Waals surface area contributed by atoms with Crippen LogP contribution in [-0.2, 0) is 10.2 Å². The maximum Gasteiger partial charge on any atom is 0.334 e. The molecule has 0 bridgehead atoms. The first-order chi connectivity index (χ1) is 7.48. The fourth-order valence-corrected chi connectivity index (χ4v) is 2.01. The van der Waals surface area contributed by atoms with E-state index in [-0.39, 0.29) is 11.4 Å². The minimum atomic E-state index is -4.84. The summed E-state index contributed by atoms with van der Waals surface area (Å²) in [7, 11) is -4.84. The molecule has 0 fully saturated rings. The summed E-state index contributed by atoms with van der Waals surface area (Å²) in [5, 5.41) is 0. The van der Waals surface area contributed by atoms with Crippen LogP contribution in [0.1, 0.15) is 6.42 Å². The van der Waals surface area contributed by atoms with Crippen molar-refractivity contribution in [2.45, 2.75) is 11.3 Å². The van der Waals surface area contributed by atoms with Crippen LogP contribution in [0, 0.1) is 0 Å². The van der Waals surface area contributed by atoms with Gasteiger partial charge in [-0.1, -0.05) is 0 Å². The van der Waals surface area contributed by atoms with Crippen molar-refractivity contribution in [3.05, 3.63) is 12.1 Å². The molecular weight excluding hydrogens is 237 g/mol. The standard InChI is InChI=1S/C9H10FNO4S/c10-16(12,13)9-5-8-7(4-6(9)11)14-2-1-3-15-8/h4-5H,1-3,11H2. The highest BCUT2D eigenvalue weighted by atomic mass is 32.3. The zero-order valence-corrected chi connectivity index (χ0v) is 9.09. The van der Waals surface area contributed by atoms with Gasteiger partial charge >= 0.3 is 10.2 Å². The Morgan fingerprint density at radius 3 is 2.31 bits per heavy atom. The van der Waals surface area contributed by atoms with Gasteiger partial charge in [0, 0.05) is 18.6 Å². The molecule has 1 aromatic rings. The molecule has 1 heterocycles. The number of hydrogen-bond donors (Lipinski definition) is 1. The molecule has 0 amide bonds. The van der Waals surface area contributed by atoms with Crippen LogP contribution in [0.3, 0.4) is 0 Å². The van der Waals surface area contributed by atoms with E-state index in [1.54, 1.807) is 0 Å². The van der Waals surface area contributed by atoms with Crippen molar-refractivity contribution in [1.82, 2.24) is 0 Å². The molecule has 0 atom stereocenters. The number of anilines is 1. The Kier molecular flexibility index (Phi) is 2.63. The lowest BCUT2D eigenvalue weighted by Gasteiger charge is -2.09. The zero-order chi connectivity index (χ0) is 11.8. The quantitative estimate of drug-likeness (QED) is 0.593. The molecule has 5 nitrogen and oxygen atoms in total. The Hall–Kier alpha value is -1.50. The van der Waals surface area contributed by atoms with Gasteiger partial charge in [-0.15, -0.1) is 3.89 Å². The highest BCUT2D eigenvalue weighted by molar-refractivity contribution is 7.86. The van der Waals surface area contributed by atoms with E-state index in [1.807, 2.05) is 0 Å². The molecular formula is C9H10FNO4S. The molecule has 1 aromatic carbocycles. The van der Waals surface area contributed by atoms with Gasteiger partial charge in [-0.25, -0.2) is 0 Å². The van der Waals surface area contributed by atoms with E-state index in [0.717, 1.165) is 6.07 Å². The monoisotopic (exact) mass is 247 g/mol. The minimum absolute atomic E-state index is 0.188. The molecule has 7 heteroatoms. The van der Waals surface area contributed by atoms with E-state index >= 15 is 0 Å². The van der Waals surface area contributed by atoms with Crippen LogP contribution in [-0.4, -0.2) is 21.6 Å². The Balaban J connectivity index is 2.56. The maximum absolute atomic E-state index is 12.8. The summed E-state index contributed by atoms with van der Waals surface area (Å²) in [6, 6.07) is 2.30. The molecule has 0 spiro atoms. The highest BCUT2D eigenvalue weighted by Gasteiger charge is 2.21. The van der Waals surface area contributed by atoms with Gasteiger partial charge in [0.1, 0.15) is 4.90 Å². The molecule has 16 heavy (non-hydrogen) atoms. The summed E-state index contributed by atoms with van der Waals surface area (Å²) in [6.07, 6.45) is 0.673. The first-order valence-electron chi connectivity index (χ1n) is 4.62. The fraction of sp³-hybridized carbons (Fsp3) is 0.333. The van der Waals surface area contributed by atoms with Crippen LogP contribution >= 0.6 is 0 Å². The fourth-order valence-electron chi connectivity index (χ4n) is 1.42. The maximum atomic E-state index is 12.8. The smallest absolute Gasteiger partial charge is 0.334 e. The van der Waals surface area contributed by atoms with Gasteiger partial charge in [-0.3, -0.25) is 0 Å². The molecule has 0 aliphatic carbocycles. The van der Waals surface area contributed by atoms with Crippen molar-refractivity contribution >= 4 is 15.9 Å². The second-order valence-electron chi connectivity index (χ2n) is 3.33. The van der Waals surface area contributed by atoms with Crippen LogP contribution in [0.4, 0.5) is 9.57 Å². The van der Waals surface area contributed by atoms with Gasteiger partial charge in [-0.2, -0.15) is 8.42 Å². The lowest BCUT2D eigenvalue weighted by molar-refractivity contribution is 0.297. The van der Waals surface area contributed by atoms with E-state index in [0.29, 0.717) is 25.4 Å². The van der Waals surface area contributed by atoms with Crippen molar-refractivity contribution in [3.8, 4) is 11.5 Å². The van der Waals surface area contributed by atoms with Gasteiger partial charge in [0.2, 0.25) is 0 Å². The summed E-state index contributed by atoms with van der Waals surface area (Å²) in [5.74, 6) is 0.533. The van der Waals surface area contributed by atoms with Gasteiger partial charge in [0.25, 0.3) is 0 Å². The summed E-state index contributed by atoms with van der Waals surface area (Å²) in [6.45, 7) is 0.844. The van der Waals surface area contributed by atoms with Crippen molar-refractivity contribution in [2.75, 3.05) is 18.9 Å². The van der Waals surface area contributed by atoms with E-state index in [1.165, 1.54) is 6.07 Å². The SMILES string of the molecule is Nc1cc2c(cc1S(=O)(=O)F)OCCCO2. The topological polar surface area (TPSA) is 78.6 Å². The van der Waals surface area contributed by atoms with Crippen molar-refractivity contribution in [3.63, 3.8) is 0 Å². The second kappa shape index (κ2) is 3.82. The number of benzene rings is 1. The molecule has 2 N–H and O–H groups in total. The number of ether oxygens (including phenoxy) is 2. The van der Waals surface area contributed by atoms with Gasteiger partial charge in [0.15, 0.2) is 11.5 Å². The Labute approximate surface area is 92.2 Å². The van der Waals surface area contributed by atoms with Crippen LogP contribution in [0.15, 0.2) is 17.0 Å². The Morgan fingerprint density at radius 2 is 1.75 bits per heavy atom. The van der Waals surface area contributed by atoms with Gasteiger partial charge < -0.3 is 15.2 Å². The molecule has 1 aliphatic rings. The summed E-state index contributed by atoms with van der Waals surface area (Å²) in [5.41, 5.74) is 5.24. The number of nitrogens with two attached hydrogens (primary N) is 1. The minimum Gasteiger partial charge on any atom is -0.490 e. The summed E-state index contributed by atoms with van der Waals surface area (Å²) < 4.78 is 44.9. The van der Waals surface area contributed by atoms with E-state index < -0.39 is 15.1 Å². The predicted octanol–water partition coefficient (Wildman–Crippen LogP) is 1.09. The molecule has 2 rings (SSSR count). The van der Waals surface area contributed by atoms with Crippen LogP contribution in [0.25, 0.3) is 0 Å². The molecule has 0 aromatic heterocycles. The van der Waals surface area contributed by atoms with Crippen molar-refractivity contribution in [2.24, 2.45) is 0 Å². The second-order valence-corrected chi connectivity index (χ2v) is 4.64. The average molecular weight is 247 g/mol. The third-order valence-electron chi connectivity index (χ3n) is 2.14. The molecule has 0 saturated carbocycles. The third kappa shape index (κ3) is 2.04. The number of halogens is 1. The summed E-state index contributed by atoms with van der Waals surface area (Å²) in [4.78, 5) is -0.586. The first kappa shape index (κ1) is 11.0. The number of hydrogen-bond acceptors (Lipinski definition) is 5. The normalized spacial score (nSPS) is 15.6. The van der Waals surface area contributed by atoms with Gasteiger partial charge in [-0.05, 0) is 0 Å². The first-order valence-corrected chi connectivity index (χ1v) is 6.00. The van der Waals surface area contributed by atoms with Crippen molar-refractivity contribution in [1.29, 1.82) is 0 Å². The van der Waals surface area contributed by atoms with Crippen LogP contribution < -0.4 is 15.2 Å². The molecule has 0 unspecified atom stereocenters. The third-order valence-corrected chi connectivity index (χ3v) is 3.02. The highest BCUT2D eigenvalue weighted by Crippen LogP contribution is 2.36. The largest absolute Gasteiger partial charge is 0.490 e. The Bertz CT molecular complexity index is 514. The van der Waals surface area contributed by atoms with E-state index in [9.17, 15) is 12.3 Å². The number of fused-ring (bicyclic) bond motifs is 1. The van der Waals surface area contributed by atoms with E-state index in [4.69, 9.17) is 15.2 Å². The van der Waals surface area contributed by atoms with Crippen LogP contribution in [0.5, 0.6) is 11.5 Å². The number of rotatable bonds is 1.